The highest BCUT2D eigenvalue weighted by atomic mass is 16.5. The molecule has 1 aromatic carbocycles. The van der Waals surface area contributed by atoms with Gasteiger partial charge in [-0.15, -0.1) is 0 Å². The van der Waals surface area contributed by atoms with Crippen LogP contribution in [0.15, 0.2) is 18.2 Å². The van der Waals surface area contributed by atoms with Gasteiger partial charge in [0.1, 0.15) is 12.4 Å². The Hall–Kier alpha value is -1.59. The zero-order valence-electron chi connectivity index (χ0n) is 11.6. The second-order valence-corrected chi connectivity index (χ2v) is 5.45. The first-order chi connectivity index (χ1) is 9.65. The molecule has 1 aromatic rings. The van der Waals surface area contributed by atoms with Gasteiger partial charge in [0.15, 0.2) is 0 Å². The highest BCUT2D eigenvalue weighted by molar-refractivity contribution is 5.97. The fourth-order valence-electron chi connectivity index (χ4n) is 2.79. The van der Waals surface area contributed by atoms with Crippen LogP contribution in [0.1, 0.15) is 41.7 Å². The Bertz CT molecular complexity index is 518. The van der Waals surface area contributed by atoms with Gasteiger partial charge in [-0.05, 0) is 37.5 Å². The number of nitrogens with two attached hydrogens (primary N) is 1. The van der Waals surface area contributed by atoms with Crippen LogP contribution in [-0.2, 0) is 4.74 Å². The third-order valence-corrected chi connectivity index (χ3v) is 3.94. The summed E-state index contributed by atoms with van der Waals surface area (Å²) in [6, 6.07) is 5.37. The molecule has 5 nitrogen and oxygen atoms in total. The summed E-state index contributed by atoms with van der Waals surface area (Å²) in [6.45, 7) is 3.08. The lowest BCUT2D eigenvalue weighted by atomic mass is 9.97. The van der Waals surface area contributed by atoms with Crippen molar-refractivity contribution in [3.05, 3.63) is 29.3 Å². The number of ether oxygens (including phenoxy) is 2. The van der Waals surface area contributed by atoms with Crippen molar-refractivity contribution in [2.24, 2.45) is 5.73 Å². The summed E-state index contributed by atoms with van der Waals surface area (Å²) in [4.78, 5) is 12.0. The van der Waals surface area contributed by atoms with E-state index in [1.165, 1.54) is 0 Å². The zero-order valence-corrected chi connectivity index (χ0v) is 11.6. The molecule has 0 radical (unpaired) electrons. The van der Waals surface area contributed by atoms with Gasteiger partial charge in [0.25, 0.3) is 5.91 Å². The topological polar surface area (TPSA) is 73.6 Å². The van der Waals surface area contributed by atoms with Gasteiger partial charge < -0.3 is 20.5 Å². The maximum atomic E-state index is 12.0. The fourth-order valence-corrected chi connectivity index (χ4v) is 2.79. The molecule has 1 amide bonds. The molecule has 0 saturated carbocycles. The van der Waals surface area contributed by atoms with Crippen molar-refractivity contribution in [1.82, 2.24) is 5.32 Å². The van der Waals surface area contributed by atoms with E-state index in [9.17, 15) is 4.79 Å². The minimum atomic E-state index is -0.207. The Balaban J connectivity index is 1.86. The molecule has 3 N–H and O–H groups in total. The van der Waals surface area contributed by atoms with Gasteiger partial charge >= 0.3 is 0 Å². The molecule has 0 aromatic heterocycles. The van der Waals surface area contributed by atoms with Gasteiger partial charge in [0.05, 0.1) is 30.4 Å². The molecule has 2 heterocycles. The van der Waals surface area contributed by atoms with E-state index in [1.54, 1.807) is 0 Å². The molecule has 2 aliphatic rings. The summed E-state index contributed by atoms with van der Waals surface area (Å²) in [5.74, 6) is 0.518. The Kier molecular flexibility index (Phi) is 3.63. The first-order valence-electron chi connectivity index (χ1n) is 7.11. The van der Waals surface area contributed by atoms with E-state index in [-0.39, 0.29) is 24.2 Å². The first kappa shape index (κ1) is 13.4. The van der Waals surface area contributed by atoms with Crippen molar-refractivity contribution in [2.45, 2.75) is 38.0 Å². The number of nitrogens with one attached hydrogen (secondary N) is 1. The molecule has 20 heavy (non-hydrogen) atoms. The van der Waals surface area contributed by atoms with Gasteiger partial charge in [-0.25, -0.2) is 0 Å². The van der Waals surface area contributed by atoms with E-state index in [0.29, 0.717) is 24.5 Å². The number of fused-ring (bicyclic) bond motifs is 1. The number of benzene rings is 1. The molecule has 1 saturated heterocycles. The third kappa shape index (κ3) is 2.51. The highest BCUT2D eigenvalue weighted by Crippen LogP contribution is 2.31. The van der Waals surface area contributed by atoms with E-state index < -0.39 is 0 Å². The quantitative estimate of drug-likeness (QED) is 0.855. The average molecular weight is 276 g/mol. The van der Waals surface area contributed by atoms with Crippen LogP contribution >= 0.6 is 0 Å². The van der Waals surface area contributed by atoms with Crippen LogP contribution in [0.2, 0.25) is 0 Å². The average Bonchev–Trinajstić information content (AvgIpc) is 2.80. The van der Waals surface area contributed by atoms with E-state index in [1.807, 2.05) is 18.2 Å². The smallest absolute Gasteiger partial charge is 0.255 e. The van der Waals surface area contributed by atoms with Crippen molar-refractivity contribution in [1.29, 1.82) is 0 Å². The van der Waals surface area contributed by atoms with Crippen molar-refractivity contribution in [3.63, 3.8) is 0 Å². The van der Waals surface area contributed by atoms with Crippen LogP contribution in [0, 0.1) is 0 Å². The lowest BCUT2D eigenvalue weighted by Gasteiger charge is -2.20. The SMILES string of the molecule is CC1CCC(C(N)c2ccc3c(c2)C(=O)NCCO3)O1. The number of carbonyl (C=O) groups excluding carboxylic acids is 1. The zero-order chi connectivity index (χ0) is 14.1. The van der Waals surface area contributed by atoms with E-state index in [2.05, 4.69) is 12.2 Å². The van der Waals surface area contributed by atoms with Crippen LogP contribution in [0.25, 0.3) is 0 Å². The second kappa shape index (κ2) is 5.42. The molecule has 3 unspecified atom stereocenters. The van der Waals surface area contributed by atoms with E-state index in [4.69, 9.17) is 15.2 Å². The van der Waals surface area contributed by atoms with Gasteiger partial charge in [-0.3, -0.25) is 4.79 Å². The number of hydrogen-bond donors (Lipinski definition) is 2. The first-order valence-corrected chi connectivity index (χ1v) is 7.11. The Labute approximate surface area is 118 Å². The number of carbonyl (C=O) groups is 1. The van der Waals surface area contributed by atoms with Gasteiger partial charge in [0.2, 0.25) is 0 Å². The summed E-state index contributed by atoms with van der Waals surface area (Å²) in [7, 11) is 0. The number of amides is 1. The normalized spacial score (nSPS) is 27.2. The fraction of sp³-hybridized carbons (Fsp3) is 0.533. The van der Waals surface area contributed by atoms with Gasteiger partial charge in [0, 0.05) is 0 Å². The van der Waals surface area contributed by atoms with Crippen molar-refractivity contribution in [3.8, 4) is 5.75 Å². The summed E-state index contributed by atoms with van der Waals surface area (Å²) >= 11 is 0. The lowest BCUT2D eigenvalue weighted by molar-refractivity contribution is 0.0401. The number of rotatable bonds is 2. The molecule has 3 rings (SSSR count). The van der Waals surface area contributed by atoms with Crippen molar-refractivity contribution >= 4 is 5.91 Å². The predicted molar refractivity (Wildman–Crippen MR) is 74.8 cm³/mol. The van der Waals surface area contributed by atoms with Crippen LogP contribution < -0.4 is 15.8 Å². The minimum absolute atomic E-state index is 0.0257. The van der Waals surface area contributed by atoms with Crippen LogP contribution in [0.3, 0.4) is 0 Å². The highest BCUT2D eigenvalue weighted by Gasteiger charge is 2.29. The molecule has 2 aliphatic heterocycles. The summed E-state index contributed by atoms with van der Waals surface area (Å²) < 4.78 is 11.4. The summed E-state index contributed by atoms with van der Waals surface area (Å²) in [5.41, 5.74) is 7.76. The summed E-state index contributed by atoms with van der Waals surface area (Å²) in [6.07, 6.45) is 2.28. The Morgan fingerprint density at radius 2 is 2.25 bits per heavy atom. The van der Waals surface area contributed by atoms with Crippen LogP contribution in [-0.4, -0.2) is 31.3 Å². The van der Waals surface area contributed by atoms with Crippen LogP contribution in [0.5, 0.6) is 5.75 Å². The Morgan fingerprint density at radius 1 is 1.40 bits per heavy atom. The lowest BCUT2D eigenvalue weighted by Crippen LogP contribution is -2.27. The molecule has 3 atom stereocenters. The van der Waals surface area contributed by atoms with E-state index in [0.717, 1.165) is 18.4 Å². The maximum Gasteiger partial charge on any atom is 0.255 e. The molecular weight excluding hydrogens is 256 g/mol. The van der Waals surface area contributed by atoms with Crippen molar-refractivity contribution < 1.29 is 14.3 Å². The monoisotopic (exact) mass is 276 g/mol. The van der Waals surface area contributed by atoms with Crippen LogP contribution in [0.4, 0.5) is 0 Å². The van der Waals surface area contributed by atoms with Gasteiger partial charge in [-0.2, -0.15) is 0 Å². The molecular formula is C15H20N2O3. The van der Waals surface area contributed by atoms with Gasteiger partial charge in [-0.1, -0.05) is 6.07 Å². The Morgan fingerprint density at radius 3 is 3.00 bits per heavy atom. The second-order valence-electron chi connectivity index (χ2n) is 5.45. The van der Waals surface area contributed by atoms with Crippen molar-refractivity contribution in [2.75, 3.05) is 13.2 Å². The largest absolute Gasteiger partial charge is 0.491 e. The molecule has 108 valence electrons. The predicted octanol–water partition coefficient (Wildman–Crippen LogP) is 1.38. The molecule has 1 fully saturated rings. The molecule has 5 heteroatoms. The molecule has 0 aliphatic carbocycles. The standard InChI is InChI=1S/C15H20N2O3/c1-9-2-4-13(20-9)14(16)10-3-5-12-11(8-10)15(18)17-6-7-19-12/h3,5,8-9,13-14H,2,4,6-7,16H2,1H3,(H,17,18). The number of hydrogen-bond acceptors (Lipinski definition) is 4. The maximum absolute atomic E-state index is 12.0. The minimum Gasteiger partial charge on any atom is -0.491 e. The molecule has 0 bridgehead atoms. The summed E-state index contributed by atoms with van der Waals surface area (Å²) in [5, 5.41) is 2.81. The molecule has 0 spiro atoms. The third-order valence-electron chi connectivity index (χ3n) is 3.94. The van der Waals surface area contributed by atoms with E-state index >= 15 is 0 Å².